The Bertz CT molecular complexity index is 769. The molecule has 0 unspecified atom stereocenters. The Balaban J connectivity index is 1.56. The average molecular weight is 380 g/mol. The van der Waals surface area contributed by atoms with E-state index in [0.717, 1.165) is 24.4 Å². The summed E-state index contributed by atoms with van der Waals surface area (Å²) in [7, 11) is 0. The predicted molar refractivity (Wildman–Crippen MR) is 94.8 cm³/mol. The zero-order chi connectivity index (χ0) is 19.2. The van der Waals surface area contributed by atoms with Crippen molar-refractivity contribution in [3.05, 3.63) is 41.8 Å². The number of hydrogen-bond donors (Lipinski definition) is 1. The summed E-state index contributed by atoms with van der Waals surface area (Å²) in [5.41, 5.74) is 1.09. The van der Waals surface area contributed by atoms with Crippen molar-refractivity contribution in [2.45, 2.75) is 26.5 Å². The third-order valence-electron chi connectivity index (χ3n) is 4.28. The Morgan fingerprint density at radius 3 is 2.85 bits per heavy atom. The summed E-state index contributed by atoms with van der Waals surface area (Å²) < 4.78 is 34.6. The molecular formula is C18H22F2N4O3. The van der Waals surface area contributed by atoms with Gasteiger partial charge in [0.1, 0.15) is 11.5 Å². The molecule has 2 amide bonds. The van der Waals surface area contributed by atoms with Gasteiger partial charge < -0.3 is 19.5 Å². The Kier molecular flexibility index (Phi) is 6.23. The van der Waals surface area contributed by atoms with E-state index in [1.165, 1.54) is 12.1 Å². The summed E-state index contributed by atoms with van der Waals surface area (Å²) in [6.45, 7) is 2.20. The van der Waals surface area contributed by atoms with Crippen molar-refractivity contribution in [1.29, 1.82) is 0 Å². The molecule has 1 aliphatic rings. The van der Waals surface area contributed by atoms with Crippen molar-refractivity contribution in [2.75, 3.05) is 31.5 Å². The number of carbonyl (C=O) groups is 1. The predicted octanol–water partition coefficient (Wildman–Crippen LogP) is 3.32. The van der Waals surface area contributed by atoms with E-state index in [2.05, 4.69) is 20.1 Å². The molecule has 0 saturated carbocycles. The van der Waals surface area contributed by atoms with Crippen molar-refractivity contribution >= 4 is 11.7 Å². The molecule has 7 nitrogen and oxygen atoms in total. The molecule has 2 heterocycles. The van der Waals surface area contributed by atoms with Crippen molar-refractivity contribution in [1.82, 2.24) is 15.0 Å². The van der Waals surface area contributed by atoms with Gasteiger partial charge in [0.05, 0.1) is 11.4 Å². The lowest BCUT2D eigenvalue weighted by Crippen LogP contribution is -2.38. The summed E-state index contributed by atoms with van der Waals surface area (Å²) >= 11 is 0. The highest BCUT2D eigenvalue weighted by Crippen LogP contribution is 2.26. The van der Waals surface area contributed by atoms with E-state index < -0.39 is 6.61 Å². The number of hydrogen-bond acceptors (Lipinski definition) is 5. The fourth-order valence-corrected chi connectivity index (χ4v) is 3.02. The monoisotopic (exact) mass is 380 g/mol. The zero-order valence-electron chi connectivity index (χ0n) is 15.0. The molecule has 1 aromatic carbocycles. The molecule has 1 saturated heterocycles. The molecule has 9 heteroatoms. The van der Waals surface area contributed by atoms with Gasteiger partial charge in [0.25, 0.3) is 0 Å². The summed E-state index contributed by atoms with van der Waals surface area (Å²) in [5.74, 6) is 0.712. The van der Waals surface area contributed by atoms with Gasteiger partial charge >= 0.3 is 12.6 Å². The number of nitrogens with one attached hydrogen (secondary N) is 1. The van der Waals surface area contributed by atoms with E-state index in [0.29, 0.717) is 26.2 Å². The molecule has 2 aromatic rings. The van der Waals surface area contributed by atoms with Gasteiger partial charge in [-0.05, 0) is 25.5 Å². The maximum absolute atomic E-state index is 12.6. The van der Waals surface area contributed by atoms with E-state index in [-0.39, 0.29) is 17.5 Å². The molecule has 0 radical (unpaired) electrons. The molecule has 0 spiro atoms. The molecule has 1 N–H and O–H groups in total. The van der Waals surface area contributed by atoms with Crippen LogP contribution in [0.1, 0.15) is 17.9 Å². The first-order valence-electron chi connectivity index (χ1n) is 8.75. The van der Waals surface area contributed by atoms with Crippen molar-refractivity contribution in [2.24, 2.45) is 0 Å². The minimum atomic E-state index is -2.95. The summed E-state index contributed by atoms with van der Waals surface area (Å²) in [4.78, 5) is 16.4. The smallest absolute Gasteiger partial charge is 0.387 e. The van der Waals surface area contributed by atoms with Crippen molar-refractivity contribution in [3.63, 3.8) is 0 Å². The van der Waals surface area contributed by atoms with E-state index >= 15 is 0 Å². The minimum Gasteiger partial charge on any atom is -0.433 e. The van der Waals surface area contributed by atoms with E-state index in [4.69, 9.17) is 4.52 Å². The van der Waals surface area contributed by atoms with E-state index in [9.17, 15) is 13.6 Å². The Morgan fingerprint density at radius 1 is 1.30 bits per heavy atom. The fourth-order valence-electron chi connectivity index (χ4n) is 3.02. The van der Waals surface area contributed by atoms with Crippen LogP contribution in [0.4, 0.5) is 19.3 Å². The number of amides is 2. The second kappa shape index (κ2) is 8.81. The number of anilines is 1. The number of rotatable bonds is 5. The molecule has 0 atom stereocenters. The van der Waals surface area contributed by atoms with Crippen LogP contribution >= 0.6 is 0 Å². The largest absolute Gasteiger partial charge is 0.433 e. The molecule has 0 bridgehead atoms. The number of urea groups is 1. The maximum atomic E-state index is 12.6. The van der Waals surface area contributed by atoms with Gasteiger partial charge in [0, 0.05) is 38.8 Å². The highest BCUT2D eigenvalue weighted by atomic mass is 19.3. The van der Waals surface area contributed by atoms with Crippen LogP contribution in [0.15, 0.2) is 34.9 Å². The van der Waals surface area contributed by atoms with E-state index in [1.54, 1.807) is 17.0 Å². The van der Waals surface area contributed by atoms with Gasteiger partial charge in [-0.1, -0.05) is 17.3 Å². The summed E-state index contributed by atoms with van der Waals surface area (Å²) in [5, 5.41) is 6.66. The number of alkyl halides is 2. The number of ether oxygens (including phenoxy) is 1. The normalized spacial score (nSPS) is 15.6. The Morgan fingerprint density at radius 2 is 2.11 bits per heavy atom. The van der Waals surface area contributed by atoms with Crippen LogP contribution in [0.25, 0.3) is 0 Å². The topological polar surface area (TPSA) is 70.8 Å². The van der Waals surface area contributed by atoms with Gasteiger partial charge in [-0.3, -0.25) is 4.90 Å². The van der Waals surface area contributed by atoms with Gasteiger partial charge in [0.15, 0.2) is 0 Å². The van der Waals surface area contributed by atoms with Crippen molar-refractivity contribution < 1.29 is 22.8 Å². The quantitative estimate of drug-likeness (QED) is 0.862. The number of benzene rings is 1. The number of aromatic nitrogens is 1. The first-order chi connectivity index (χ1) is 13.0. The van der Waals surface area contributed by atoms with Crippen molar-refractivity contribution in [3.8, 4) is 5.75 Å². The number of halogens is 2. The number of nitrogens with zero attached hydrogens (tertiary/aromatic N) is 3. The summed E-state index contributed by atoms with van der Waals surface area (Å²) in [6.07, 6.45) is 0.805. The van der Waals surface area contributed by atoms with Gasteiger partial charge in [-0.2, -0.15) is 8.78 Å². The molecule has 1 aromatic heterocycles. The highest BCUT2D eigenvalue weighted by Gasteiger charge is 2.21. The molecular weight excluding hydrogens is 358 g/mol. The van der Waals surface area contributed by atoms with E-state index in [1.807, 2.05) is 13.0 Å². The average Bonchev–Trinajstić information content (AvgIpc) is 2.89. The second-order valence-corrected chi connectivity index (χ2v) is 6.35. The number of aryl methyl sites for hydroxylation is 1. The van der Waals surface area contributed by atoms with Crippen LogP contribution < -0.4 is 10.1 Å². The molecule has 1 aliphatic heterocycles. The lowest BCUT2D eigenvalue weighted by atomic mass is 10.3. The maximum Gasteiger partial charge on any atom is 0.387 e. The van der Waals surface area contributed by atoms with Crippen LogP contribution in [0.2, 0.25) is 0 Å². The van der Waals surface area contributed by atoms with Crippen LogP contribution in [-0.4, -0.2) is 53.8 Å². The number of carbonyl (C=O) groups excluding carboxylic acids is 1. The van der Waals surface area contributed by atoms with Gasteiger partial charge in [-0.25, -0.2) is 4.79 Å². The van der Waals surface area contributed by atoms with Gasteiger partial charge in [-0.15, -0.1) is 0 Å². The van der Waals surface area contributed by atoms with Crippen LogP contribution in [0, 0.1) is 6.92 Å². The lowest BCUT2D eigenvalue weighted by molar-refractivity contribution is -0.0493. The molecule has 27 heavy (non-hydrogen) atoms. The lowest BCUT2D eigenvalue weighted by Gasteiger charge is -2.22. The minimum absolute atomic E-state index is 0.0568. The van der Waals surface area contributed by atoms with Gasteiger partial charge in [0.2, 0.25) is 0 Å². The van der Waals surface area contributed by atoms with Crippen LogP contribution in [-0.2, 0) is 6.54 Å². The molecule has 1 fully saturated rings. The Hall–Kier alpha value is -2.68. The Labute approximate surface area is 155 Å². The molecule has 0 aliphatic carbocycles. The molecule has 3 rings (SSSR count). The van der Waals surface area contributed by atoms with Crippen LogP contribution in [0.3, 0.4) is 0 Å². The number of para-hydroxylation sites is 2. The first-order valence-corrected chi connectivity index (χ1v) is 8.75. The third-order valence-corrected chi connectivity index (χ3v) is 4.28. The molecule has 146 valence electrons. The highest BCUT2D eigenvalue weighted by molar-refractivity contribution is 5.91. The SMILES string of the molecule is Cc1cc(CN2CCCN(C(=O)Nc3ccccc3OC(F)F)CC2)no1. The summed E-state index contributed by atoms with van der Waals surface area (Å²) in [6, 6.07) is 7.72. The third kappa shape index (κ3) is 5.40. The standard InChI is InChI=1S/C18H22F2N4O3/c1-13-11-14(22-27-13)12-23-7-4-8-24(10-9-23)18(25)21-15-5-2-3-6-16(15)26-17(19)20/h2-3,5-6,11,17H,4,7-10,12H2,1H3,(H,21,25). The van der Waals surface area contributed by atoms with Crippen LogP contribution in [0.5, 0.6) is 5.75 Å². The zero-order valence-corrected chi connectivity index (χ0v) is 15.0. The fraction of sp³-hybridized carbons (Fsp3) is 0.444. The second-order valence-electron chi connectivity index (χ2n) is 6.35. The first kappa shape index (κ1) is 19.1.